The molecule has 1 saturated heterocycles. The quantitative estimate of drug-likeness (QED) is 0.922. The van der Waals surface area contributed by atoms with Crippen LogP contribution in [0.4, 0.5) is 13.9 Å². The molecule has 3 rings (SSSR count). The Labute approximate surface area is 137 Å². The molecule has 0 saturated carbocycles. The van der Waals surface area contributed by atoms with Gasteiger partial charge in [0, 0.05) is 49.8 Å². The van der Waals surface area contributed by atoms with Crippen molar-refractivity contribution < 1.29 is 13.9 Å². The molecule has 23 heavy (non-hydrogen) atoms. The number of anilines is 1. The van der Waals surface area contributed by atoms with Crippen molar-refractivity contribution in [2.24, 2.45) is 0 Å². The minimum absolute atomic E-state index is 0.00665. The number of β-amino-alcohol motifs (C(OH)–C–C–N with tert-alkyl or cyclic N) is 1. The number of aliphatic hydroxyl groups excluding tert-OH is 1. The highest BCUT2D eigenvalue weighted by molar-refractivity contribution is 7.09. The first-order chi connectivity index (χ1) is 11.0. The summed E-state index contributed by atoms with van der Waals surface area (Å²) in [6.07, 6.45) is -1.04. The number of aromatic nitrogens is 2. The summed E-state index contributed by atoms with van der Waals surface area (Å²) < 4.78 is 31.1. The molecule has 0 radical (unpaired) electrons. The van der Waals surface area contributed by atoms with E-state index in [1.54, 1.807) is 0 Å². The molecule has 1 aliphatic rings. The lowest BCUT2D eigenvalue weighted by atomic mass is 10.1. The normalized spacial score (nSPS) is 17.5. The van der Waals surface area contributed by atoms with E-state index in [-0.39, 0.29) is 12.1 Å². The highest BCUT2D eigenvalue weighted by Gasteiger charge is 2.23. The number of hydrogen-bond donors (Lipinski definition) is 1. The molecule has 0 bridgehead atoms. The summed E-state index contributed by atoms with van der Waals surface area (Å²) >= 11 is 1.38. The van der Waals surface area contributed by atoms with Crippen molar-refractivity contribution in [3.05, 3.63) is 41.2 Å². The smallest absolute Gasteiger partial charge is 0.205 e. The minimum Gasteiger partial charge on any atom is -0.387 e. The fourth-order valence-electron chi connectivity index (χ4n) is 2.65. The second-order valence-corrected chi connectivity index (χ2v) is 6.32. The molecule has 5 nitrogen and oxygen atoms in total. The lowest BCUT2D eigenvalue weighted by Gasteiger charge is -2.35. The van der Waals surface area contributed by atoms with Gasteiger partial charge in [0.15, 0.2) is 0 Å². The molecule has 0 spiro atoms. The van der Waals surface area contributed by atoms with Crippen molar-refractivity contribution in [3.63, 3.8) is 0 Å². The van der Waals surface area contributed by atoms with E-state index in [0.29, 0.717) is 0 Å². The summed E-state index contributed by atoms with van der Waals surface area (Å²) in [7, 11) is 0. The number of halogens is 2. The van der Waals surface area contributed by atoms with Gasteiger partial charge < -0.3 is 10.0 Å². The Bertz CT molecular complexity index is 673. The molecular formula is C15H18F2N4OS. The van der Waals surface area contributed by atoms with Crippen molar-refractivity contribution in [1.82, 2.24) is 14.3 Å². The zero-order chi connectivity index (χ0) is 16.4. The first-order valence-electron chi connectivity index (χ1n) is 7.43. The third-order valence-corrected chi connectivity index (χ3v) is 4.78. The number of piperazine rings is 1. The number of nitrogens with zero attached hydrogens (tertiary/aromatic N) is 4. The van der Waals surface area contributed by atoms with Crippen LogP contribution in [0.5, 0.6) is 0 Å². The van der Waals surface area contributed by atoms with Crippen molar-refractivity contribution in [2.75, 3.05) is 37.6 Å². The highest BCUT2D eigenvalue weighted by Crippen LogP contribution is 2.22. The number of aryl methyl sites for hydroxylation is 1. The van der Waals surface area contributed by atoms with E-state index < -0.39 is 17.7 Å². The summed E-state index contributed by atoms with van der Waals surface area (Å²) in [6.45, 7) is 5.14. The van der Waals surface area contributed by atoms with Crippen molar-refractivity contribution >= 4 is 16.7 Å². The van der Waals surface area contributed by atoms with Gasteiger partial charge in [0.1, 0.15) is 17.5 Å². The standard InChI is InChI=1S/C15H18F2N4OS/c1-10-18-15(23-19-10)21-6-4-20(5-7-21)9-14(22)12-8-11(16)2-3-13(12)17/h2-3,8,14,22H,4-7,9H2,1H3. The maximum atomic E-state index is 13.7. The monoisotopic (exact) mass is 340 g/mol. The molecule has 2 aromatic rings. The van der Waals surface area contributed by atoms with Crippen LogP contribution in [0.2, 0.25) is 0 Å². The Morgan fingerprint density at radius 2 is 2.00 bits per heavy atom. The molecule has 1 aliphatic heterocycles. The fourth-order valence-corrected chi connectivity index (χ4v) is 3.37. The Morgan fingerprint density at radius 1 is 1.26 bits per heavy atom. The van der Waals surface area contributed by atoms with Crippen molar-refractivity contribution in [3.8, 4) is 0 Å². The van der Waals surface area contributed by atoms with Crippen LogP contribution in [0.1, 0.15) is 17.5 Å². The number of rotatable bonds is 4. The van der Waals surface area contributed by atoms with E-state index in [9.17, 15) is 13.9 Å². The molecule has 124 valence electrons. The van der Waals surface area contributed by atoms with Crippen LogP contribution in [0, 0.1) is 18.6 Å². The number of aliphatic hydroxyl groups is 1. The van der Waals surface area contributed by atoms with Crippen molar-refractivity contribution in [1.29, 1.82) is 0 Å². The molecule has 0 amide bonds. The first-order valence-corrected chi connectivity index (χ1v) is 8.21. The molecule has 1 aromatic carbocycles. The summed E-state index contributed by atoms with van der Waals surface area (Å²) in [5.74, 6) is -0.358. The van der Waals surface area contributed by atoms with Gasteiger partial charge in [-0.05, 0) is 25.1 Å². The van der Waals surface area contributed by atoms with Gasteiger partial charge in [0.2, 0.25) is 5.13 Å². The van der Waals surface area contributed by atoms with Crippen LogP contribution in [0.15, 0.2) is 18.2 Å². The van der Waals surface area contributed by atoms with E-state index in [4.69, 9.17) is 0 Å². The third-order valence-electron chi connectivity index (χ3n) is 3.91. The summed E-state index contributed by atoms with van der Waals surface area (Å²) in [5.41, 5.74) is 0.00665. The third kappa shape index (κ3) is 3.82. The van der Waals surface area contributed by atoms with Gasteiger partial charge in [0.25, 0.3) is 0 Å². The molecule has 2 heterocycles. The lowest BCUT2D eigenvalue weighted by molar-refractivity contribution is 0.106. The van der Waals surface area contributed by atoms with Crippen LogP contribution >= 0.6 is 11.5 Å². The molecule has 8 heteroatoms. The predicted molar refractivity (Wildman–Crippen MR) is 84.6 cm³/mol. The summed E-state index contributed by atoms with van der Waals surface area (Å²) in [5, 5.41) is 11.1. The van der Waals surface area contributed by atoms with Gasteiger partial charge in [-0.25, -0.2) is 13.8 Å². The topological polar surface area (TPSA) is 52.5 Å². The van der Waals surface area contributed by atoms with Gasteiger partial charge in [-0.1, -0.05) is 0 Å². The lowest BCUT2D eigenvalue weighted by Crippen LogP contribution is -2.47. The van der Waals surface area contributed by atoms with Crippen molar-refractivity contribution in [2.45, 2.75) is 13.0 Å². The fraction of sp³-hybridized carbons (Fsp3) is 0.467. The average molecular weight is 340 g/mol. The molecule has 1 aromatic heterocycles. The van der Waals surface area contributed by atoms with Gasteiger partial charge >= 0.3 is 0 Å². The van der Waals surface area contributed by atoms with Gasteiger partial charge in [-0.2, -0.15) is 4.37 Å². The van der Waals surface area contributed by atoms with Crippen LogP contribution in [-0.4, -0.2) is 52.1 Å². The van der Waals surface area contributed by atoms with E-state index in [0.717, 1.165) is 55.3 Å². The first kappa shape index (κ1) is 16.2. The Balaban J connectivity index is 1.57. The predicted octanol–water partition coefficient (Wildman–Crippen LogP) is 1.98. The summed E-state index contributed by atoms with van der Waals surface area (Å²) in [6, 6.07) is 3.15. The molecule has 0 aliphatic carbocycles. The zero-order valence-electron chi connectivity index (χ0n) is 12.7. The molecule has 1 unspecified atom stereocenters. The van der Waals surface area contributed by atoms with Gasteiger partial charge in [-0.3, -0.25) is 4.90 Å². The molecule has 1 atom stereocenters. The second-order valence-electron chi connectivity index (χ2n) is 5.59. The number of benzene rings is 1. The number of hydrogen-bond acceptors (Lipinski definition) is 6. The van der Waals surface area contributed by atoms with Gasteiger partial charge in [0.05, 0.1) is 6.10 Å². The second kappa shape index (κ2) is 6.86. The van der Waals surface area contributed by atoms with Gasteiger partial charge in [-0.15, -0.1) is 0 Å². The highest BCUT2D eigenvalue weighted by atomic mass is 32.1. The van der Waals surface area contributed by atoms with Crippen LogP contribution in [0.25, 0.3) is 0 Å². The Kier molecular flexibility index (Phi) is 4.84. The van der Waals surface area contributed by atoms with E-state index in [1.807, 2.05) is 11.8 Å². The molecular weight excluding hydrogens is 322 g/mol. The van der Waals surface area contributed by atoms with E-state index in [2.05, 4.69) is 14.3 Å². The maximum absolute atomic E-state index is 13.7. The van der Waals surface area contributed by atoms with Crippen LogP contribution < -0.4 is 4.90 Å². The zero-order valence-corrected chi connectivity index (χ0v) is 13.6. The summed E-state index contributed by atoms with van der Waals surface area (Å²) in [4.78, 5) is 8.55. The maximum Gasteiger partial charge on any atom is 0.205 e. The molecule has 1 fully saturated rings. The van der Waals surface area contributed by atoms with E-state index >= 15 is 0 Å². The van der Waals surface area contributed by atoms with Crippen LogP contribution in [0.3, 0.4) is 0 Å². The molecule has 1 N–H and O–H groups in total. The average Bonchev–Trinajstić information content (AvgIpc) is 2.97. The largest absolute Gasteiger partial charge is 0.387 e. The minimum atomic E-state index is -1.04. The Morgan fingerprint density at radius 3 is 2.65 bits per heavy atom. The SMILES string of the molecule is Cc1nsc(N2CCN(CC(O)c3cc(F)ccc3F)CC2)n1. The Hall–Kier alpha value is -1.64. The van der Waals surface area contributed by atoms with E-state index in [1.165, 1.54) is 11.5 Å². The van der Waals surface area contributed by atoms with Crippen LogP contribution in [-0.2, 0) is 0 Å².